The molecular formula is C23H21N5O. The SMILES string of the molecule is CCc1ccccc1Nc1cnnc(Nc2ccccc2Oc2ccccc2)n1. The van der Waals surface area contributed by atoms with Crippen molar-refractivity contribution in [3.8, 4) is 11.5 Å². The standard InChI is InChI=1S/C23H21N5O/c1-2-17-10-6-7-13-19(17)25-22-16-24-28-23(27-22)26-20-14-8-9-15-21(20)29-18-11-4-3-5-12-18/h3-16H,2H2,1H3,(H2,25,26,27,28). The second kappa shape index (κ2) is 8.84. The monoisotopic (exact) mass is 383 g/mol. The van der Waals surface area contributed by atoms with Gasteiger partial charge < -0.3 is 15.4 Å². The summed E-state index contributed by atoms with van der Waals surface area (Å²) in [5.41, 5.74) is 2.97. The van der Waals surface area contributed by atoms with E-state index >= 15 is 0 Å². The van der Waals surface area contributed by atoms with Gasteiger partial charge in [0.2, 0.25) is 5.95 Å². The van der Waals surface area contributed by atoms with Gasteiger partial charge in [-0.2, -0.15) is 10.1 Å². The van der Waals surface area contributed by atoms with E-state index in [1.54, 1.807) is 6.20 Å². The van der Waals surface area contributed by atoms with Crippen LogP contribution in [0.2, 0.25) is 0 Å². The van der Waals surface area contributed by atoms with Gasteiger partial charge in [0, 0.05) is 5.69 Å². The first-order valence-corrected chi connectivity index (χ1v) is 9.45. The molecule has 0 aliphatic carbocycles. The predicted octanol–water partition coefficient (Wildman–Crippen LogP) is 5.71. The van der Waals surface area contributed by atoms with Crippen LogP contribution in [0.25, 0.3) is 0 Å². The largest absolute Gasteiger partial charge is 0.455 e. The van der Waals surface area contributed by atoms with E-state index in [1.807, 2.05) is 72.8 Å². The molecule has 3 aromatic carbocycles. The zero-order chi connectivity index (χ0) is 19.9. The highest BCUT2D eigenvalue weighted by Gasteiger charge is 2.08. The summed E-state index contributed by atoms with van der Waals surface area (Å²) in [5, 5.41) is 14.7. The summed E-state index contributed by atoms with van der Waals surface area (Å²) in [6, 6.07) is 25.4. The molecule has 0 spiro atoms. The van der Waals surface area contributed by atoms with Crippen LogP contribution in [-0.4, -0.2) is 15.2 Å². The summed E-state index contributed by atoms with van der Waals surface area (Å²) in [4.78, 5) is 4.54. The molecule has 0 radical (unpaired) electrons. The molecule has 0 atom stereocenters. The van der Waals surface area contributed by atoms with Crippen LogP contribution in [0.15, 0.2) is 85.1 Å². The van der Waals surface area contributed by atoms with Crippen molar-refractivity contribution in [3.63, 3.8) is 0 Å². The highest BCUT2D eigenvalue weighted by Crippen LogP contribution is 2.30. The summed E-state index contributed by atoms with van der Waals surface area (Å²) in [5.74, 6) is 2.43. The van der Waals surface area contributed by atoms with E-state index in [-0.39, 0.29) is 0 Å². The third-order valence-electron chi connectivity index (χ3n) is 4.32. The molecule has 6 nitrogen and oxygen atoms in total. The molecule has 0 fully saturated rings. The lowest BCUT2D eigenvalue weighted by molar-refractivity contribution is 0.485. The molecule has 0 unspecified atom stereocenters. The van der Waals surface area contributed by atoms with Crippen molar-refractivity contribution in [1.82, 2.24) is 15.2 Å². The molecule has 144 valence electrons. The Kier molecular flexibility index (Phi) is 5.62. The second-order valence-corrected chi connectivity index (χ2v) is 6.34. The van der Waals surface area contributed by atoms with Crippen LogP contribution < -0.4 is 15.4 Å². The Morgan fingerprint density at radius 1 is 0.793 bits per heavy atom. The molecule has 4 rings (SSSR count). The normalized spacial score (nSPS) is 10.4. The van der Waals surface area contributed by atoms with Gasteiger partial charge in [-0.25, -0.2) is 0 Å². The van der Waals surface area contributed by atoms with Gasteiger partial charge in [-0.05, 0) is 42.3 Å². The molecule has 0 aliphatic rings. The predicted molar refractivity (Wildman–Crippen MR) is 115 cm³/mol. The van der Waals surface area contributed by atoms with Gasteiger partial charge in [-0.3, -0.25) is 0 Å². The Hall–Kier alpha value is -3.93. The Labute approximate surface area is 169 Å². The maximum atomic E-state index is 5.98. The Bertz CT molecular complexity index is 1090. The van der Waals surface area contributed by atoms with Crippen molar-refractivity contribution in [3.05, 3.63) is 90.6 Å². The third-order valence-corrected chi connectivity index (χ3v) is 4.32. The van der Waals surface area contributed by atoms with Crippen LogP contribution in [0.5, 0.6) is 11.5 Å². The Morgan fingerprint density at radius 2 is 1.52 bits per heavy atom. The van der Waals surface area contributed by atoms with Gasteiger partial charge in [0.15, 0.2) is 11.6 Å². The number of benzene rings is 3. The number of hydrogen-bond acceptors (Lipinski definition) is 6. The lowest BCUT2D eigenvalue weighted by atomic mass is 10.1. The molecule has 0 amide bonds. The molecule has 4 aromatic rings. The summed E-state index contributed by atoms with van der Waals surface area (Å²) in [6.45, 7) is 2.12. The first kappa shape index (κ1) is 18.4. The van der Waals surface area contributed by atoms with Crippen LogP contribution >= 0.6 is 0 Å². The first-order chi connectivity index (χ1) is 14.3. The van der Waals surface area contributed by atoms with Gasteiger partial charge in [-0.1, -0.05) is 55.5 Å². The fraction of sp³-hybridized carbons (Fsp3) is 0.0870. The van der Waals surface area contributed by atoms with Crippen LogP contribution in [0.3, 0.4) is 0 Å². The molecule has 0 bridgehead atoms. The Balaban J connectivity index is 1.54. The van der Waals surface area contributed by atoms with Crippen molar-refractivity contribution < 1.29 is 4.74 Å². The average molecular weight is 383 g/mol. The minimum atomic E-state index is 0.382. The molecule has 0 aliphatic heterocycles. The van der Waals surface area contributed by atoms with Gasteiger partial charge >= 0.3 is 0 Å². The lowest BCUT2D eigenvalue weighted by Crippen LogP contribution is -2.04. The number of nitrogens with zero attached hydrogens (tertiary/aromatic N) is 3. The van der Waals surface area contributed by atoms with Crippen LogP contribution in [-0.2, 0) is 6.42 Å². The van der Waals surface area contributed by atoms with Gasteiger partial charge in [0.25, 0.3) is 0 Å². The maximum Gasteiger partial charge on any atom is 0.249 e. The first-order valence-electron chi connectivity index (χ1n) is 9.45. The Morgan fingerprint density at radius 3 is 2.34 bits per heavy atom. The van der Waals surface area contributed by atoms with Crippen molar-refractivity contribution in [2.24, 2.45) is 0 Å². The highest BCUT2D eigenvalue weighted by atomic mass is 16.5. The number of aromatic nitrogens is 3. The minimum Gasteiger partial charge on any atom is -0.455 e. The van der Waals surface area contributed by atoms with E-state index in [4.69, 9.17) is 4.74 Å². The molecule has 1 aromatic heterocycles. The number of nitrogens with one attached hydrogen (secondary N) is 2. The average Bonchev–Trinajstić information content (AvgIpc) is 2.77. The lowest BCUT2D eigenvalue weighted by Gasteiger charge is -2.13. The summed E-state index contributed by atoms with van der Waals surface area (Å²) in [7, 11) is 0. The van der Waals surface area contributed by atoms with Crippen molar-refractivity contribution in [1.29, 1.82) is 0 Å². The van der Waals surface area contributed by atoms with Crippen LogP contribution in [0.4, 0.5) is 23.1 Å². The van der Waals surface area contributed by atoms with Gasteiger partial charge in [0.05, 0.1) is 11.9 Å². The fourth-order valence-corrected chi connectivity index (χ4v) is 2.90. The smallest absolute Gasteiger partial charge is 0.249 e. The number of aryl methyl sites for hydroxylation is 1. The number of hydrogen-bond donors (Lipinski definition) is 2. The van der Waals surface area contributed by atoms with E-state index in [1.165, 1.54) is 5.56 Å². The van der Waals surface area contributed by atoms with Crippen LogP contribution in [0.1, 0.15) is 12.5 Å². The third kappa shape index (κ3) is 4.68. The number of ether oxygens (including phenoxy) is 1. The second-order valence-electron chi connectivity index (χ2n) is 6.34. The zero-order valence-electron chi connectivity index (χ0n) is 16.0. The van der Waals surface area contributed by atoms with Gasteiger partial charge in [0.1, 0.15) is 5.75 Å². The quantitative estimate of drug-likeness (QED) is 0.426. The molecule has 0 saturated carbocycles. The van der Waals surface area contributed by atoms with E-state index in [9.17, 15) is 0 Å². The number of anilines is 4. The van der Waals surface area contributed by atoms with Crippen molar-refractivity contribution >= 4 is 23.1 Å². The highest BCUT2D eigenvalue weighted by molar-refractivity contribution is 5.65. The molecular weight excluding hydrogens is 362 g/mol. The summed E-state index contributed by atoms with van der Waals surface area (Å²) >= 11 is 0. The van der Waals surface area contributed by atoms with Gasteiger partial charge in [-0.15, -0.1) is 5.10 Å². The maximum absolute atomic E-state index is 5.98. The molecule has 0 saturated heterocycles. The summed E-state index contributed by atoms with van der Waals surface area (Å²) < 4.78 is 5.98. The van der Waals surface area contributed by atoms with E-state index in [2.05, 4.69) is 38.8 Å². The molecule has 1 heterocycles. The van der Waals surface area contributed by atoms with E-state index in [0.717, 1.165) is 23.5 Å². The minimum absolute atomic E-state index is 0.382. The summed E-state index contributed by atoms with van der Waals surface area (Å²) in [6.07, 6.45) is 2.53. The zero-order valence-corrected chi connectivity index (χ0v) is 16.0. The topological polar surface area (TPSA) is 72.0 Å². The fourth-order valence-electron chi connectivity index (χ4n) is 2.90. The van der Waals surface area contributed by atoms with Crippen molar-refractivity contribution in [2.45, 2.75) is 13.3 Å². The van der Waals surface area contributed by atoms with Crippen LogP contribution in [0, 0.1) is 0 Å². The van der Waals surface area contributed by atoms with Crippen molar-refractivity contribution in [2.75, 3.05) is 10.6 Å². The molecule has 6 heteroatoms. The number of para-hydroxylation sites is 4. The van der Waals surface area contributed by atoms with E-state index < -0.39 is 0 Å². The molecule has 2 N–H and O–H groups in total. The molecule has 29 heavy (non-hydrogen) atoms. The van der Waals surface area contributed by atoms with E-state index in [0.29, 0.717) is 17.5 Å². The number of rotatable bonds is 7.